The van der Waals surface area contributed by atoms with Gasteiger partial charge in [-0.25, -0.2) is 0 Å². The van der Waals surface area contributed by atoms with E-state index in [1.807, 2.05) is 19.3 Å². The van der Waals surface area contributed by atoms with E-state index in [1.165, 1.54) is 0 Å². The number of alkyl halides is 1. The summed E-state index contributed by atoms with van der Waals surface area (Å²) in [6.45, 7) is 1.78. The monoisotopic (exact) mass is 212 g/mol. The summed E-state index contributed by atoms with van der Waals surface area (Å²) in [6.07, 6.45) is 1.81. The molecule has 0 amide bonds. The average molecular weight is 213 g/mol. The summed E-state index contributed by atoms with van der Waals surface area (Å²) < 4.78 is 6.62. The molecule has 0 fully saturated rings. The van der Waals surface area contributed by atoms with E-state index in [0.29, 0.717) is 17.4 Å². The van der Waals surface area contributed by atoms with Gasteiger partial charge in [-0.15, -0.1) is 11.6 Å². The maximum Gasteiger partial charge on any atom is 0.244 e. The van der Waals surface area contributed by atoms with Gasteiger partial charge in [0.25, 0.3) is 0 Å². The number of hydrogen-bond donors (Lipinski definition) is 0. The molecule has 0 radical (unpaired) electrons. The topological polar surface area (TPSA) is 56.7 Å². The number of aryl methyl sites for hydroxylation is 1. The fourth-order valence-corrected chi connectivity index (χ4v) is 1.12. The highest BCUT2D eigenvalue weighted by Crippen LogP contribution is 2.20. The molecule has 1 unspecified atom stereocenters. The van der Waals surface area contributed by atoms with E-state index in [0.717, 1.165) is 0 Å². The fourth-order valence-electron chi connectivity index (χ4n) is 1.04. The van der Waals surface area contributed by atoms with E-state index in [9.17, 15) is 0 Å². The Bertz CT molecular complexity index is 434. The number of aromatic nitrogens is 4. The Hall–Kier alpha value is -1.36. The van der Waals surface area contributed by atoms with Crippen molar-refractivity contribution in [2.45, 2.75) is 12.3 Å². The Morgan fingerprint density at radius 1 is 1.57 bits per heavy atom. The van der Waals surface area contributed by atoms with Gasteiger partial charge in [-0.3, -0.25) is 4.68 Å². The van der Waals surface area contributed by atoms with E-state index in [2.05, 4.69) is 15.2 Å². The van der Waals surface area contributed by atoms with Crippen molar-refractivity contribution in [2.75, 3.05) is 0 Å². The minimum atomic E-state index is -0.278. The van der Waals surface area contributed by atoms with Crippen LogP contribution < -0.4 is 0 Å². The van der Waals surface area contributed by atoms with E-state index in [-0.39, 0.29) is 5.38 Å². The van der Waals surface area contributed by atoms with Crippen LogP contribution in [0.4, 0.5) is 0 Å². The molecule has 0 aliphatic carbocycles. The molecule has 14 heavy (non-hydrogen) atoms. The van der Waals surface area contributed by atoms with E-state index < -0.39 is 0 Å². The molecule has 2 aromatic rings. The number of hydrogen-bond acceptors (Lipinski definition) is 4. The van der Waals surface area contributed by atoms with Crippen LogP contribution in [0.1, 0.15) is 18.2 Å². The first-order valence-corrected chi connectivity index (χ1v) is 4.58. The van der Waals surface area contributed by atoms with Crippen LogP contribution in [-0.4, -0.2) is 19.9 Å². The van der Waals surface area contributed by atoms with Gasteiger partial charge in [0, 0.05) is 13.2 Å². The highest BCUT2D eigenvalue weighted by atomic mass is 35.5. The van der Waals surface area contributed by atoms with Crippen molar-refractivity contribution in [3.8, 4) is 11.5 Å². The predicted molar refractivity (Wildman–Crippen MR) is 50.8 cm³/mol. The minimum absolute atomic E-state index is 0.278. The number of nitrogens with zero attached hydrogens (tertiary/aromatic N) is 4. The van der Waals surface area contributed by atoms with Gasteiger partial charge < -0.3 is 4.52 Å². The SMILES string of the molecule is CC(Cl)c1nc(-c2ccn(C)n2)no1. The lowest BCUT2D eigenvalue weighted by Crippen LogP contribution is -1.89. The van der Waals surface area contributed by atoms with Crippen molar-refractivity contribution in [1.29, 1.82) is 0 Å². The van der Waals surface area contributed by atoms with Crippen LogP contribution >= 0.6 is 11.6 Å². The fraction of sp³-hybridized carbons (Fsp3) is 0.375. The van der Waals surface area contributed by atoms with Crippen LogP contribution in [-0.2, 0) is 7.05 Å². The van der Waals surface area contributed by atoms with Crippen LogP contribution in [0.15, 0.2) is 16.8 Å². The van der Waals surface area contributed by atoms with Gasteiger partial charge in [-0.1, -0.05) is 5.16 Å². The minimum Gasteiger partial charge on any atom is -0.337 e. The summed E-state index contributed by atoms with van der Waals surface area (Å²) in [4.78, 5) is 4.11. The zero-order chi connectivity index (χ0) is 10.1. The molecule has 0 aliphatic heterocycles. The van der Waals surface area contributed by atoms with Crippen molar-refractivity contribution < 1.29 is 4.52 Å². The lowest BCUT2D eigenvalue weighted by molar-refractivity contribution is 0.379. The molecule has 0 bridgehead atoms. The van der Waals surface area contributed by atoms with E-state index in [4.69, 9.17) is 16.1 Å². The molecule has 74 valence electrons. The summed E-state index contributed by atoms with van der Waals surface area (Å²) in [5, 5.41) is 7.64. The summed E-state index contributed by atoms with van der Waals surface area (Å²) in [5.41, 5.74) is 0.680. The van der Waals surface area contributed by atoms with Crippen molar-refractivity contribution >= 4 is 11.6 Å². The van der Waals surface area contributed by atoms with Crippen LogP contribution in [0, 0.1) is 0 Å². The highest BCUT2D eigenvalue weighted by molar-refractivity contribution is 6.20. The first-order chi connectivity index (χ1) is 6.66. The first kappa shape index (κ1) is 9.21. The smallest absolute Gasteiger partial charge is 0.244 e. The van der Waals surface area contributed by atoms with Gasteiger partial charge in [0.15, 0.2) is 0 Å². The van der Waals surface area contributed by atoms with Crippen LogP contribution in [0.5, 0.6) is 0 Å². The summed E-state index contributed by atoms with van der Waals surface area (Å²) >= 11 is 5.79. The molecule has 0 aromatic carbocycles. The van der Waals surface area contributed by atoms with Gasteiger partial charge >= 0.3 is 0 Å². The summed E-state index contributed by atoms with van der Waals surface area (Å²) in [5.74, 6) is 0.875. The Balaban J connectivity index is 2.33. The third-order valence-corrected chi connectivity index (χ3v) is 1.91. The van der Waals surface area contributed by atoms with Crippen molar-refractivity contribution in [3.63, 3.8) is 0 Å². The second-order valence-electron chi connectivity index (χ2n) is 2.95. The predicted octanol–water partition coefficient (Wildman–Crippen LogP) is 1.77. The number of rotatable bonds is 2. The lowest BCUT2D eigenvalue weighted by atomic mass is 10.4. The van der Waals surface area contributed by atoms with E-state index >= 15 is 0 Å². The number of halogens is 1. The van der Waals surface area contributed by atoms with Crippen LogP contribution in [0.2, 0.25) is 0 Å². The quantitative estimate of drug-likeness (QED) is 0.712. The second-order valence-corrected chi connectivity index (χ2v) is 3.60. The molecule has 0 saturated heterocycles. The molecule has 0 saturated carbocycles. The molecule has 2 aromatic heterocycles. The molecule has 6 heteroatoms. The molecule has 2 rings (SSSR count). The molecular weight excluding hydrogens is 204 g/mol. The second kappa shape index (κ2) is 3.42. The Morgan fingerprint density at radius 2 is 2.36 bits per heavy atom. The average Bonchev–Trinajstić information content (AvgIpc) is 2.70. The summed E-state index contributed by atoms with van der Waals surface area (Å²) in [6, 6.07) is 1.81. The molecule has 2 heterocycles. The molecule has 5 nitrogen and oxygen atoms in total. The van der Waals surface area contributed by atoms with Gasteiger partial charge in [-0.05, 0) is 13.0 Å². The molecule has 0 aliphatic rings. The van der Waals surface area contributed by atoms with Crippen molar-refractivity contribution in [2.24, 2.45) is 7.05 Å². The van der Waals surface area contributed by atoms with Crippen molar-refractivity contribution in [1.82, 2.24) is 19.9 Å². The normalized spacial score (nSPS) is 13.1. The maximum atomic E-state index is 5.79. The van der Waals surface area contributed by atoms with Gasteiger partial charge in [0.2, 0.25) is 11.7 Å². The Kier molecular flexibility index (Phi) is 2.25. The highest BCUT2D eigenvalue weighted by Gasteiger charge is 2.13. The van der Waals surface area contributed by atoms with E-state index in [1.54, 1.807) is 11.6 Å². The third-order valence-electron chi connectivity index (χ3n) is 1.72. The Morgan fingerprint density at radius 3 is 2.86 bits per heavy atom. The van der Waals surface area contributed by atoms with Gasteiger partial charge in [0.1, 0.15) is 11.1 Å². The summed E-state index contributed by atoms with van der Waals surface area (Å²) in [7, 11) is 1.83. The van der Waals surface area contributed by atoms with Gasteiger partial charge in [-0.2, -0.15) is 10.1 Å². The van der Waals surface area contributed by atoms with Crippen molar-refractivity contribution in [3.05, 3.63) is 18.2 Å². The zero-order valence-corrected chi connectivity index (χ0v) is 8.56. The molecule has 0 N–H and O–H groups in total. The van der Waals surface area contributed by atoms with Crippen LogP contribution in [0.25, 0.3) is 11.5 Å². The molecule has 1 atom stereocenters. The first-order valence-electron chi connectivity index (χ1n) is 4.14. The zero-order valence-electron chi connectivity index (χ0n) is 7.81. The van der Waals surface area contributed by atoms with Gasteiger partial charge in [0.05, 0.1) is 0 Å². The lowest BCUT2D eigenvalue weighted by Gasteiger charge is -1.89. The molecule has 0 spiro atoms. The molecular formula is C8H9ClN4O. The third kappa shape index (κ3) is 1.63. The maximum absolute atomic E-state index is 5.79. The standard InChI is InChI=1S/C8H9ClN4O/c1-5(9)8-10-7(12-14-8)6-3-4-13(2)11-6/h3-5H,1-2H3. The Labute approximate surface area is 85.7 Å². The largest absolute Gasteiger partial charge is 0.337 e. The van der Waals surface area contributed by atoms with Crippen LogP contribution in [0.3, 0.4) is 0 Å².